The molecule has 0 aromatic rings. The van der Waals surface area contributed by atoms with Crippen LogP contribution in [0.4, 0.5) is 0 Å². The fourth-order valence-corrected chi connectivity index (χ4v) is 1.22. The number of isocyanates is 1. The summed E-state index contributed by atoms with van der Waals surface area (Å²) in [5, 5.41) is 0. The van der Waals surface area contributed by atoms with Crippen LogP contribution in [-0.4, -0.2) is 11.6 Å². The Hall–Kier alpha value is -1.40. The number of nitrogens with zero attached hydrogens (tertiary/aromatic N) is 1. The van der Waals surface area contributed by atoms with E-state index in [2.05, 4.69) is 11.1 Å². The molecule has 1 rings (SSSR count). The van der Waals surface area contributed by atoms with Crippen molar-refractivity contribution in [3.8, 4) is 0 Å². The van der Waals surface area contributed by atoms with E-state index in [0.29, 0.717) is 0 Å². The highest BCUT2D eigenvalue weighted by Gasteiger charge is 2.20. The number of hydrogen-bond acceptors (Lipinski definition) is 2. The van der Waals surface area contributed by atoms with Gasteiger partial charge >= 0.3 is 0 Å². The van der Waals surface area contributed by atoms with Crippen LogP contribution in [0.5, 0.6) is 0 Å². The maximum Gasteiger partial charge on any atom is 0.235 e. The molecule has 2 nitrogen and oxygen atoms in total. The molecule has 1 aliphatic rings. The summed E-state index contributed by atoms with van der Waals surface area (Å²) in [6.07, 6.45) is 12.4. The van der Waals surface area contributed by atoms with E-state index in [1.165, 1.54) is 0 Å². The number of rotatable bonds is 2. The lowest BCUT2D eigenvalue weighted by atomic mass is 9.92. The van der Waals surface area contributed by atoms with Crippen molar-refractivity contribution < 1.29 is 4.79 Å². The lowest BCUT2D eigenvalue weighted by Gasteiger charge is -2.20. The standard InChI is InChI=1S/C11H13NO/c1-11(2,12-9-13)10-7-5-3-4-6-8-10/h3-7H,8H2,1-2H3. The molecule has 0 saturated carbocycles. The van der Waals surface area contributed by atoms with Gasteiger partial charge < -0.3 is 0 Å². The van der Waals surface area contributed by atoms with Gasteiger partial charge in [-0.2, -0.15) is 4.99 Å². The average Bonchev–Trinajstić information content (AvgIpc) is 2.31. The van der Waals surface area contributed by atoms with Crippen LogP contribution in [-0.2, 0) is 4.79 Å². The third-order valence-corrected chi connectivity index (χ3v) is 2.10. The van der Waals surface area contributed by atoms with Gasteiger partial charge in [0.05, 0.1) is 5.54 Å². The molecule has 68 valence electrons. The van der Waals surface area contributed by atoms with Gasteiger partial charge in [-0.3, -0.25) is 0 Å². The molecule has 0 aromatic carbocycles. The number of hydrogen-bond donors (Lipinski definition) is 0. The summed E-state index contributed by atoms with van der Waals surface area (Å²) in [5.41, 5.74) is 0.696. The zero-order chi connectivity index (χ0) is 9.73. The lowest BCUT2D eigenvalue weighted by molar-refractivity contribution is 0.541. The van der Waals surface area contributed by atoms with Crippen LogP contribution >= 0.6 is 0 Å². The molecule has 0 amide bonds. The quantitative estimate of drug-likeness (QED) is 0.468. The minimum atomic E-state index is -0.430. The van der Waals surface area contributed by atoms with E-state index in [1.807, 2.05) is 38.2 Å². The summed E-state index contributed by atoms with van der Waals surface area (Å²) in [6.45, 7) is 3.83. The van der Waals surface area contributed by atoms with E-state index in [1.54, 1.807) is 6.08 Å². The van der Waals surface area contributed by atoms with Gasteiger partial charge in [-0.1, -0.05) is 30.4 Å². The lowest BCUT2D eigenvalue weighted by Crippen LogP contribution is -2.19. The Morgan fingerprint density at radius 3 is 2.85 bits per heavy atom. The van der Waals surface area contributed by atoms with Crippen LogP contribution < -0.4 is 0 Å². The van der Waals surface area contributed by atoms with Crippen molar-refractivity contribution in [1.82, 2.24) is 0 Å². The first-order chi connectivity index (χ1) is 6.17. The second-order valence-corrected chi connectivity index (χ2v) is 3.47. The first-order valence-electron chi connectivity index (χ1n) is 4.29. The highest BCUT2D eigenvalue weighted by Crippen LogP contribution is 2.24. The SMILES string of the molecule is CC(C)(N=C=O)C1=CC=CC=CC1. The molecule has 13 heavy (non-hydrogen) atoms. The fraction of sp³-hybridized carbons (Fsp3) is 0.364. The molecule has 0 unspecified atom stereocenters. The summed E-state index contributed by atoms with van der Waals surface area (Å²) >= 11 is 0. The summed E-state index contributed by atoms with van der Waals surface area (Å²) in [6, 6.07) is 0. The molecule has 0 fully saturated rings. The normalized spacial score (nSPS) is 16.0. The van der Waals surface area contributed by atoms with Gasteiger partial charge in [0.15, 0.2) is 0 Å². The Kier molecular flexibility index (Phi) is 2.99. The molecule has 0 N–H and O–H groups in total. The van der Waals surface area contributed by atoms with Crippen molar-refractivity contribution in [2.45, 2.75) is 25.8 Å². The smallest absolute Gasteiger partial charge is 0.211 e. The van der Waals surface area contributed by atoms with Gasteiger partial charge in [0.25, 0.3) is 0 Å². The summed E-state index contributed by atoms with van der Waals surface area (Å²) < 4.78 is 0. The monoisotopic (exact) mass is 175 g/mol. The van der Waals surface area contributed by atoms with Crippen molar-refractivity contribution in [1.29, 1.82) is 0 Å². The Bertz CT molecular complexity index is 315. The van der Waals surface area contributed by atoms with Gasteiger partial charge in [-0.25, -0.2) is 4.79 Å². The van der Waals surface area contributed by atoms with Crippen LogP contribution in [0.15, 0.2) is 40.9 Å². The van der Waals surface area contributed by atoms with Gasteiger partial charge in [0, 0.05) is 0 Å². The van der Waals surface area contributed by atoms with E-state index in [-0.39, 0.29) is 0 Å². The minimum absolute atomic E-state index is 0.430. The second-order valence-electron chi connectivity index (χ2n) is 3.47. The second kappa shape index (κ2) is 4.01. The van der Waals surface area contributed by atoms with Gasteiger partial charge in [0.2, 0.25) is 6.08 Å². The average molecular weight is 175 g/mol. The van der Waals surface area contributed by atoms with E-state index >= 15 is 0 Å². The van der Waals surface area contributed by atoms with Crippen LogP contribution in [0.3, 0.4) is 0 Å². The van der Waals surface area contributed by atoms with Gasteiger partial charge in [-0.05, 0) is 25.8 Å². The van der Waals surface area contributed by atoms with Crippen molar-refractivity contribution in [2.24, 2.45) is 4.99 Å². The molecule has 1 aliphatic carbocycles. The van der Waals surface area contributed by atoms with E-state index in [9.17, 15) is 4.79 Å². The third-order valence-electron chi connectivity index (χ3n) is 2.10. The molecule has 0 saturated heterocycles. The van der Waals surface area contributed by atoms with E-state index < -0.39 is 5.54 Å². The molecule has 0 spiro atoms. The van der Waals surface area contributed by atoms with Gasteiger partial charge in [-0.15, -0.1) is 0 Å². The van der Waals surface area contributed by atoms with Crippen LogP contribution in [0.25, 0.3) is 0 Å². The molecule has 0 heterocycles. The summed E-state index contributed by atoms with van der Waals surface area (Å²) in [4.78, 5) is 14.0. The van der Waals surface area contributed by atoms with Crippen LogP contribution in [0.2, 0.25) is 0 Å². The van der Waals surface area contributed by atoms with Crippen LogP contribution in [0.1, 0.15) is 20.3 Å². The summed E-state index contributed by atoms with van der Waals surface area (Å²) in [7, 11) is 0. The topological polar surface area (TPSA) is 29.4 Å². The molecule has 0 aromatic heterocycles. The largest absolute Gasteiger partial charge is 0.235 e. The maximum atomic E-state index is 10.2. The molecule has 0 atom stereocenters. The molecule has 2 heteroatoms. The fourth-order valence-electron chi connectivity index (χ4n) is 1.22. The van der Waals surface area contributed by atoms with Crippen molar-refractivity contribution in [3.63, 3.8) is 0 Å². The molecular formula is C11H13NO. The summed E-state index contributed by atoms with van der Waals surface area (Å²) in [5.74, 6) is 0. The molecule has 0 bridgehead atoms. The Balaban J connectivity index is 2.93. The number of aliphatic imine (C=N–C) groups is 1. The van der Waals surface area contributed by atoms with Gasteiger partial charge in [0.1, 0.15) is 0 Å². The van der Waals surface area contributed by atoms with Crippen molar-refractivity contribution in [2.75, 3.05) is 0 Å². The first kappa shape index (κ1) is 9.69. The van der Waals surface area contributed by atoms with E-state index in [4.69, 9.17) is 0 Å². The Morgan fingerprint density at radius 1 is 1.38 bits per heavy atom. The molecule has 0 radical (unpaired) electrons. The van der Waals surface area contributed by atoms with Crippen molar-refractivity contribution in [3.05, 3.63) is 36.0 Å². The zero-order valence-corrected chi connectivity index (χ0v) is 7.95. The Morgan fingerprint density at radius 2 is 2.15 bits per heavy atom. The van der Waals surface area contributed by atoms with Crippen LogP contribution in [0, 0.1) is 0 Å². The predicted molar refractivity (Wildman–Crippen MR) is 53.2 cm³/mol. The molecule has 0 aliphatic heterocycles. The molecular weight excluding hydrogens is 162 g/mol. The Labute approximate surface area is 78.4 Å². The highest BCUT2D eigenvalue weighted by atomic mass is 16.1. The highest BCUT2D eigenvalue weighted by molar-refractivity contribution is 5.39. The third kappa shape index (κ3) is 2.53. The zero-order valence-electron chi connectivity index (χ0n) is 7.95. The van der Waals surface area contributed by atoms with Crippen molar-refractivity contribution >= 4 is 6.08 Å². The minimum Gasteiger partial charge on any atom is -0.211 e. The maximum absolute atomic E-state index is 10.2. The number of allylic oxidation sites excluding steroid dienone is 5. The number of carbonyl (C=O) groups excluding carboxylic acids is 1. The van der Waals surface area contributed by atoms with E-state index in [0.717, 1.165) is 12.0 Å². The predicted octanol–water partition coefficient (Wildman–Crippen LogP) is 2.54. The first-order valence-corrected chi connectivity index (χ1v) is 4.29.